The molecule has 1 fully saturated rings. The Morgan fingerprint density at radius 1 is 0.744 bits per heavy atom. The molecule has 3 aromatic rings. The summed E-state index contributed by atoms with van der Waals surface area (Å²) in [6.07, 6.45) is 4.09. The number of allylic oxidation sites excluding steroid dienone is 1. The Kier molecular flexibility index (Phi) is 7.35. The standard InChI is InChI=1S/C32H34N4O2S/c1-25-11-10-16-28-30(25)32(38)35(31(28)37)19-9-8-18-33-20-22-34(23-21-33)29-17-24-39(27-14-6-3-7-15-27)36(29)26-12-4-2-5-13-26/h2-7,10-17,24H,8-9,18-23H2,1H3. The molecule has 3 aliphatic heterocycles. The van der Waals surface area contributed by atoms with Crippen molar-refractivity contribution in [1.29, 1.82) is 0 Å². The van der Waals surface area contributed by atoms with Crippen LogP contribution in [0.5, 0.6) is 0 Å². The van der Waals surface area contributed by atoms with E-state index in [1.165, 1.54) is 21.3 Å². The summed E-state index contributed by atoms with van der Waals surface area (Å²) in [6.45, 7) is 7.34. The highest BCUT2D eigenvalue weighted by Gasteiger charge is 2.36. The van der Waals surface area contributed by atoms with E-state index in [9.17, 15) is 9.59 Å². The highest BCUT2D eigenvalue weighted by atomic mass is 32.2. The minimum absolute atomic E-state index is 0.138. The molecule has 7 heteroatoms. The van der Waals surface area contributed by atoms with Gasteiger partial charge in [-0.3, -0.25) is 23.7 Å². The average molecular weight is 539 g/mol. The molecule has 0 N–H and O–H groups in total. The van der Waals surface area contributed by atoms with Crippen molar-refractivity contribution in [1.82, 2.24) is 14.7 Å². The third kappa shape index (κ3) is 5.04. The van der Waals surface area contributed by atoms with E-state index in [0.29, 0.717) is 17.7 Å². The summed E-state index contributed by atoms with van der Waals surface area (Å²) in [7, 11) is -0.149. The molecule has 0 spiro atoms. The molecule has 0 saturated carbocycles. The summed E-state index contributed by atoms with van der Waals surface area (Å²) >= 11 is 0. The van der Waals surface area contributed by atoms with E-state index in [1.807, 2.05) is 19.1 Å². The third-order valence-corrected chi connectivity index (χ3v) is 9.68. The molecule has 3 aliphatic rings. The maximum atomic E-state index is 12.8. The van der Waals surface area contributed by atoms with Gasteiger partial charge in [0.1, 0.15) is 5.82 Å². The molecule has 1 atom stereocenters. The Hall–Kier alpha value is -3.68. The van der Waals surface area contributed by atoms with Crippen LogP contribution in [0.4, 0.5) is 5.69 Å². The zero-order valence-electron chi connectivity index (χ0n) is 22.3. The monoisotopic (exact) mass is 538 g/mol. The number of carbonyl (C=O) groups excluding carboxylic acids is 2. The van der Waals surface area contributed by atoms with Crippen LogP contribution in [0.2, 0.25) is 0 Å². The van der Waals surface area contributed by atoms with Gasteiger partial charge in [-0.1, -0.05) is 59.2 Å². The number of unbranched alkanes of at least 4 members (excludes halogenated alkanes) is 1. The largest absolute Gasteiger partial charge is 0.355 e. The van der Waals surface area contributed by atoms with Gasteiger partial charge in [-0.25, -0.2) is 0 Å². The van der Waals surface area contributed by atoms with Gasteiger partial charge in [0.2, 0.25) is 0 Å². The summed E-state index contributed by atoms with van der Waals surface area (Å²) in [5.74, 6) is 0.987. The number of benzene rings is 3. The molecule has 3 heterocycles. The molecule has 6 rings (SSSR count). The molecular weight excluding hydrogens is 504 g/mol. The zero-order chi connectivity index (χ0) is 26.8. The molecule has 6 nitrogen and oxygen atoms in total. The third-order valence-electron chi connectivity index (χ3n) is 7.74. The molecule has 0 aromatic heterocycles. The first-order chi connectivity index (χ1) is 19.1. The van der Waals surface area contributed by atoms with Crippen molar-refractivity contribution < 1.29 is 9.59 Å². The second kappa shape index (κ2) is 11.2. The second-order valence-electron chi connectivity index (χ2n) is 10.2. The Balaban J connectivity index is 1.02. The lowest BCUT2D eigenvalue weighted by Gasteiger charge is -2.40. The minimum Gasteiger partial charge on any atom is -0.355 e. The number of rotatable bonds is 8. The van der Waals surface area contributed by atoms with E-state index in [0.717, 1.165) is 51.1 Å². The Morgan fingerprint density at radius 2 is 1.44 bits per heavy atom. The van der Waals surface area contributed by atoms with Gasteiger partial charge in [0.05, 0.1) is 16.8 Å². The summed E-state index contributed by atoms with van der Waals surface area (Å²) in [5, 5.41) is 2.34. The summed E-state index contributed by atoms with van der Waals surface area (Å²) in [4.78, 5) is 33.3. The van der Waals surface area contributed by atoms with Crippen LogP contribution in [-0.2, 0) is 0 Å². The fourth-order valence-electron chi connectivity index (χ4n) is 5.65. The van der Waals surface area contributed by atoms with Gasteiger partial charge in [0, 0.05) is 37.6 Å². The lowest BCUT2D eigenvalue weighted by molar-refractivity contribution is 0.0649. The average Bonchev–Trinajstić information content (AvgIpc) is 3.52. The van der Waals surface area contributed by atoms with Gasteiger partial charge in [0.25, 0.3) is 11.8 Å². The Labute approximate surface area is 233 Å². The number of anilines is 1. The number of piperazine rings is 1. The highest BCUT2D eigenvalue weighted by molar-refractivity contribution is 8.16. The first-order valence-corrected chi connectivity index (χ1v) is 15.0. The van der Waals surface area contributed by atoms with Gasteiger partial charge in [-0.05, 0) is 73.6 Å². The Morgan fingerprint density at radius 3 is 2.15 bits per heavy atom. The maximum absolute atomic E-state index is 12.8. The first-order valence-electron chi connectivity index (χ1n) is 13.7. The minimum atomic E-state index is -0.149. The normalized spacial score (nSPS) is 19.4. The molecule has 200 valence electrons. The summed E-state index contributed by atoms with van der Waals surface area (Å²) in [6, 6.07) is 26.9. The number of para-hydroxylation sites is 1. The molecule has 39 heavy (non-hydrogen) atoms. The van der Waals surface area contributed by atoms with Crippen LogP contribution in [0.3, 0.4) is 0 Å². The van der Waals surface area contributed by atoms with E-state index in [1.54, 1.807) is 6.07 Å². The van der Waals surface area contributed by atoms with Crippen molar-refractivity contribution in [2.24, 2.45) is 0 Å². The maximum Gasteiger partial charge on any atom is 0.261 e. The lowest BCUT2D eigenvalue weighted by Crippen LogP contribution is -2.48. The van der Waals surface area contributed by atoms with Gasteiger partial charge >= 0.3 is 0 Å². The van der Waals surface area contributed by atoms with Crippen molar-refractivity contribution in [3.63, 3.8) is 0 Å². The number of nitrogens with zero attached hydrogens (tertiary/aromatic N) is 4. The van der Waals surface area contributed by atoms with Crippen molar-refractivity contribution in [2.75, 3.05) is 43.6 Å². The van der Waals surface area contributed by atoms with Gasteiger partial charge in [0.15, 0.2) is 0 Å². The van der Waals surface area contributed by atoms with Crippen molar-refractivity contribution in [2.45, 2.75) is 24.7 Å². The van der Waals surface area contributed by atoms with Gasteiger partial charge < -0.3 is 4.90 Å². The fourth-order valence-corrected chi connectivity index (χ4v) is 7.56. The molecular formula is C32H34N4O2S. The van der Waals surface area contributed by atoms with Crippen LogP contribution in [0, 0.1) is 6.92 Å². The zero-order valence-corrected chi connectivity index (χ0v) is 23.1. The lowest BCUT2D eigenvalue weighted by atomic mass is 10.0. The smallest absolute Gasteiger partial charge is 0.261 e. The SMILES string of the molecule is Cc1cccc2c1C(=O)N(CCCCN1CCN(C3=CC=S(c4ccccc4)N3c3ccccc3)CC1)C2=O. The fraction of sp³-hybridized carbons (Fsp3) is 0.281. The molecule has 0 aliphatic carbocycles. The molecule has 1 saturated heterocycles. The number of fused-ring (bicyclic) bond motifs is 1. The number of carbonyl (C=O) groups is 2. The van der Waals surface area contributed by atoms with Crippen LogP contribution in [0.15, 0.2) is 95.7 Å². The van der Waals surface area contributed by atoms with E-state index < -0.39 is 0 Å². The number of aryl methyl sites for hydroxylation is 1. The van der Waals surface area contributed by atoms with Gasteiger partial charge in [-0.15, -0.1) is 0 Å². The van der Waals surface area contributed by atoms with Gasteiger partial charge in [-0.2, -0.15) is 0 Å². The number of hydrogen-bond acceptors (Lipinski definition) is 5. The predicted molar refractivity (Wildman–Crippen MR) is 159 cm³/mol. The summed E-state index contributed by atoms with van der Waals surface area (Å²) in [5.41, 5.74) is 3.23. The number of imide groups is 1. The highest BCUT2D eigenvalue weighted by Crippen LogP contribution is 2.42. The van der Waals surface area contributed by atoms with E-state index >= 15 is 0 Å². The molecule has 0 radical (unpaired) electrons. The Bertz CT molecular complexity index is 1430. The van der Waals surface area contributed by atoms with Crippen LogP contribution < -0.4 is 4.31 Å². The molecule has 1 unspecified atom stereocenters. The molecule has 2 amide bonds. The topological polar surface area (TPSA) is 47.1 Å². The number of amides is 2. The van der Waals surface area contributed by atoms with E-state index in [-0.39, 0.29) is 22.5 Å². The quantitative estimate of drug-likeness (QED) is 0.219. The van der Waals surface area contributed by atoms with Crippen LogP contribution in [0.1, 0.15) is 39.1 Å². The second-order valence-corrected chi connectivity index (χ2v) is 12.0. The molecule has 3 aromatic carbocycles. The van der Waals surface area contributed by atoms with Crippen molar-refractivity contribution in [3.8, 4) is 0 Å². The van der Waals surface area contributed by atoms with Crippen molar-refractivity contribution in [3.05, 3.63) is 107 Å². The van der Waals surface area contributed by atoms with Crippen molar-refractivity contribution >= 4 is 33.5 Å². The van der Waals surface area contributed by atoms with Crippen LogP contribution in [0.25, 0.3) is 0 Å². The van der Waals surface area contributed by atoms with E-state index in [2.05, 4.69) is 86.2 Å². The van der Waals surface area contributed by atoms with E-state index in [4.69, 9.17) is 0 Å². The van der Waals surface area contributed by atoms with Crippen LogP contribution in [-0.4, -0.2) is 71.2 Å². The molecule has 0 bridgehead atoms. The summed E-state index contributed by atoms with van der Waals surface area (Å²) < 4.78 is 2.48. The first kappa shape index (κ1) is 25.6. The van der Waals surface area contributed by atoms with Crippen LogP contribution >= 0.6 is 10.7 Å². The predicted octanol–water partition coefficient (Wildman–Crippen LogP) is 5.40. The number of hydrogen-bond donors (Lipinski definition) is 0.